The summed E-state index contributed by atoms with van der Waals surface area (Å²) in [6.45, 7) is 1.98. The van der Waals surface area contributed by atoms with Crippen molar-refractivity contribution in [2.75, 3.05) is 14.1 Å². The molecule has 1 fully saturated rings. The lowest BCUT2D eigenvalue weighted by molar-refractivity contribution is -0.117. The first-order valence-corrected chi connectivity index (χ1v) is 6.45. The summed E-state index contributed by atoms with van der Waals surface area (Å²) in [4.78, 5) is 14.1. The topological polar surface area (TPSA) is 44.1 Å². The maximum Gasteiger partial charge on any atom is 0.163 e. The first-order valence-electron chi connectivity index (χ1n) is 6.45. The van der Waals surface area contributed by atoms with Crippen LogP contribution in [0.25, 0.3) is 0 Å². The van der Waals surface area contributed by atoms with Crippen LogP contribution in [0.3, 0.4) is 0 Å². The molecule has 0 saturated heterocycles. The van der Waals surface area contributed by atoms with Gasteiger partial charge in [0.2, 0.25) is 0 Å². The SMILES string of the molecule is C[C@@H]1C[C@@H](c2ccc(C#N)cc2)/C(=C/N(C)C)C1=O. The summed E-state index contributed by atoms with van der Waals surface area (Å²) in [5.41, 5.74) is 2.64. The average molecular weight is 254 g/mol. The number of rotatable bonds is 2. The van der Waals surface area contributed by atoms with Crippen LogP contribution in [0.15, 0.2) is 36.0 Å². The summed E-state index contributed by atoms with van der Waals surface area (Å²) < 4.78 is 0. The van der Waals surface area contributed by atoms with Crippen LogP contribution in [-0.2, 0) is 4.79 Å². The number of hydrogen-bond donors (Lipinski definition) is 0. The number of allylic oxidation sites excluding steroid dienone is 1. The van der Waals surface area contributed by atoms with Gasteiger partial charge in [0.05, 0.1) is 11.6 Å². The third-order valence-corrected chi connectivity index (χ3v) is 3.54. The Hall–Kier alpha value is -2.08. The normalized spacial score (nSPS) is 24.5. The van der Waals surface area contributed by atoms with Gasteiger partial charge in [-0.15, -0.1) is 0 Å². The summed E-state index contributed by atoms with van der Waals surface area (Å²) in [6.07, 6.45) is 2.78. The quantitative estimate of drug-likeness (QED) is 0.762. The van der Waals surface area contributed by atoms with E-state index in [2.05, 4.69) is 6.07 Å². The van der Waals surface area contributed by atoms with Gasteiger partial charge in [-0.2, -0.15) is 5.26 Å². The minimum atomic E-state index is 0.0758. The van der Waals surface area contributed by atoms with E-state index in [4.69, 9.17) is 5.26 Å². The van der Waals surface area contributed by atoms with Gasteiger partial charge < -0.3 is 4.90 Å². The molecule has 1 aromatic rings. The van der Waals surface area contributed by atoms with E-state index in [1.807, 2.05) is 56.4 Å². The Morgan fingerprint density at radius 1 is 1.32 bits per heavy atom. The summed E-state index contributed by atoms with van der Waals surface area (Å²) in [7, 11) is 3.86. The second kappa shape index (κ2) is 5.27. The van der Waals surface area contributed by atoms with Crippen LogP contribution < -0.4 is 0 Å². The molecule has 0 bridgehead atoms. The Kier molecular flexibility index (Phi) is 3.71. The molecule has 19 heavy (non-hydrogen) atoms. The number of carbonyl (C=O) groups is 1. The molecule has 0 unspecified atom stereocenters. The smallest absolute Gasteiger partial charge is 0.163 e. The zero-order valence-electron chi connectivity index (χ0n) is 11.6. The van der Waals surface area contributed by atoms with Crippen molar-refractivity contribution in [3.63, 3.8) is 0 Å². The number of ketones is 1. The van der Waals surface area contributed by atoms with Gasteiger partial charge in [-0.25, -0.2) is 0 Å². The second-order valence-corrected chi connectivity index (χ2v) is 5.34. The van der Waals surface area contributed by atoms with Crippen molar-refractivity contribution < 1.29 is 4.79 Å². The monoisotopic (exact) mass is 254 g/mol. The number of hydrogen-bond acceptors (Lipinski definition) is 3. The van der Waals surface area contributed by atoms with Gasteiger partial charge in [-0.05, 0) is 24.1 Å². The molecule has 3 nitrogen and oxygen atoms in total. The van der Waals surface area contributed by atoms with Crippen molar-refractivity contribution in [2.24, 2.45) is 5.92 Å². The van der Waals surface area contributed by atoms with Crippen molar-refractivity contribution in [1.82, 2.24) is 4.90 Å². The molecule has 0 amide bonds. The van der Waals surface area contributed by atoms with E-state index in [0.717, 1.165) is 17.6 Å². The van der Waals surface area contributed by atoms with Gasteiger partial charge in [-0.3, -0.25) is 4.79 Å². The zero-order chi connectivity index (χ0) is 14.0. The van der Waals surface area contributed by atoms with Crippen LogP contribution in [0.4, 0.5) is 0 Å². The van der Waals surface area contributed by atoms with Crippen molar-refractivity contribution in [3.05, 3.63) is 47.2 Å². The van der Waals surface area contributed by atoms with E-state index in [1.54, 1.807) is 0 Å². The number of carbonyl (C=O) groups excluding carboxylic acids is 1. The van der Waals surface area contributed by atoms with Crippen molar-refractivity contribution in [1.29, 1.82) is 5.26 Å². The zero-order valence-corrected chi connectivity index (χ0v) is 11.6. The molecule has 0 heterocycles. The molecule has 2 atom stereocenters. The Balaban J connectivity index is 2.36. The fraction of sp³-hybridized carbons (Fsp3) is 0.375. The van der Waals surface area contributed by atoms with E-state index in [-0.39, 0.29) is 17.6 Å². The molecule has 0 aromatic heterocycles. The predicted octanol–water partition coefficient (Wildman–Crippen LogP) is 2.70. The van der Waals surface area contributed by atoms with Crippen LogP contribution in [0.1, 0.15) is 30.4 Å². The maximum absolute atomic E-state index is 12.2. The Bertz CT molecular complexity index is 549. The van der Waals surface area contributed by atoms with Crippen molar-refractivity contribution in [3.8, 4) is 6.07 Å². The Labute approximate surface area is 114 Å². The minimum absolute atomic E-state index is 0.0758. The molecule has 0 aliphatic heterocycles. The highest BCUT2D eigenvalue weighted by atomic mass is 16.1. The number of nitriles is 1. The molecular formula is C16H18N2O. The second-order valence-electron chi connectivity index (χ2n) is 5.34. The Morgan fingerprint density at radius 3 is 2.47 bits per heavy atom. The fourth-order valence-corrected chi connectivity index (χ4v) is 2.58. The molecule has 0 spiro atoms. The van der Waals surface area contributed by atoms with Crippen LogP contribution in [0, 0.1) is 17.2 Å². The molecule has 0 N–H and O–H groups in total. The predicted molar refractivity (Wildman–Crippen MR) is 74.5 cm³/mol. The van der Waals surface area contributed by atoms with E-state index < -0.39 is 0 Å². The number of nitrogens with zero attached hydrogens (tertiary/aromatic N) is 2. The molecule has 98 valence electrons. The Morgan fingerprint density at radius 2 is 1.95 bits per heavy atom. The fourth-order valence-electron chi connectivity index (χ4n) is 2.58. The average Bonchev–Trinajstić information content (AvgIpc) is 2.67. The van der Waals surface area contributed by atoms with Crippen molar-refractivity contribution in [2.45, 2.75) is 19.3 Å². The van der Waals surface area contributed by atoms with Gasteiger partial charge in [0.1, 0.15) is 0 Å². The van der Waals surface area contributed by atoms with Crippen LogP contribution in [0.2, 0.25) is 0 Å². The molecule has 2 rings (SSSR count). The van der Waals surface area contributed by atoms with E-state index >= 15 is 0 Å². The number of Topliss-reactive ketones (excluding diaryl/α,β-unsaturated/α-hetero) is 1. The first kappa shape index (κ1) is 13.4. The standard InChI is InChI=1S/C16H18N2O/c1-11-8-14(15(16(11)19)10-18(2)3)13-6-4-12(9-17)5-7-13/h4-7,10-11,14H,8H2,1-3H3/b15-10-/t11-,14+/m1/s1. The molecule has 1 saturated carbocycles. The molecule has 1 aliphatic rings. The number of benzene rings is 1. The summed E-state index contributed by atoms with van der Waals surface area (Å²) in [6, 6.07) is 9.66. The highest BCUT2D eigenvalue weighted by Gasteiger charge is 2.35. The molecule has 1 aromatic carbocycles. The molecule has 3 heteroatoms. The lowest BCUT2D eigenvalue weighted by Crippen LogP contribution is -2.10. The first-order chi connectivity index (χ1) is 9.02. The largest absolute Gasteiger partial charge is 0.383 e. The highest BCUT2D eigenvalue weighted by Crippen LogP contribution is 2.40. The van der Waals surface area contributed by atoms with Gasteiger partial charge in [-0.1, -0.05) is 19.1 Å². The summed E-state index contributed by atoms with van der Waals surface area (Å²) in [5.74, 6) is 0.465. The minimum Gasteiger partial charge on any atom is -0.383 e. The summed E-state index contributed by atoms with van der Waals surface area (Å²) in [5, 5.41) is 8.83. The maximum atomic E-state index is 12.2. The summed E-state index contributed by atoms with van der Waals surface area (Å²) >= 11 is 0. The third kappa shape index (κ3) is 2.68. The van der Waals surface area contributed by atoms with Crippen LogP contribution in [-0.4, -0.2) is 24.8 Å². The van der Waals surface area contributed by atoms with E-state index in [9.17, 15) is 4.79 Å². The lowest BCUT2D eigenvalue weighted by Gasteiger charge is -2.14. The molecule has 1 aliphatic carbocycles. The van der Waals surface area contributed by atoms with Gasteiger partial charge in [0, 0.05) is 37.7 Å². The van der Waals surface area contributed by atoms with Crippen LogP contribution >= 0.6 is 0 Å². The third-order valence-electron chi connectivity index (χ3n) is 3.54. The highest BCUT2D eigenvalue weighted by molar-refractivity contribution is 6.00. The van der Waals surface area contributed by atoms with Gasteiger partial charge >= 0.3 is 0 Å². The molecule has 0 radical (unpaired) electrons. The van der Waals surface area contributed by atoms with Crippen molar-refractivity contribution >= 4 is 5.78 Å². The van der Waals surface area contributed by atoms with E-state index in [1.165, 1.54) is 0 Å². The van der Waals surface area contributed by atoms with E-state index in [0.29, 0.717) is 5.56 Å². The van der Waals surface area contributed by atoms with Crippen LogP contribution in [0.5, 0.6) is 0 Å². The van der Waals surface area contributed by atoms with Gasteiger partial charge in [0.25, 0.3) is 0 Å². The van der Waals surface area contributed by atoms with Gasteiger partial charge in [0.15, 0.2) is 5.78 Å². The lowest BCUT2D eigenvalue weighted by atomic mass is 9.93. The molecular weight excluding hydrogens is 236 g/mol.